The van der Waals surface area contributed by atoms with Gasteiger partial charge in [0.1, 0.15) is 11.6 Å². The Morgan fingerprint density at radius 1 is 0.947 bits per heavy atom. The van der Waals surface area contributed by atoms with Gasteiger partial charge < -0.3 is 0 Å². The second-order valence-corrected chi connectivity index (χ2v) is 5.03. The summed E-state index contributed by atoms with van der Waals surface area (Å²) in [5, 5.41) is 0.305. The molecular formula is C14H12Cl2F2S. The van der Waals surface area contributed by atoms with E-state index in [1.807, 2.05) is 13.0 Å². The highest BCUT2D eigenvalue weighted by molar-refractivity contribution is 7.80. The van der Waals surface area contributed by atoms with Crippen molar-refractivity contribution in [1.82, 2.24) is 0 Å². The highest BCUT2D eigenvalue weighted by Gasteiger charge is 1.98. The maximum absolute atomic E-state index is 12.6. The molecule has 0 atom stereocenters. The Labute approximate surface area is 126 Å². The monoisotopic (exact) mass is 320 g/mol. The average molecular weight is 321 g/mol. The van der Waals surface area contributed by atoms with Crippen LogP contribution in [0.15, 0.2) is 41.3 Å². The van der Waals surface area contributed by atoms with Crippen molar-refractivity contribution in [3.8, 4) is 0 Å². The molecule has 0 bridgehead atoms. The molecule has 0 saturated heterocycles. The van der Waals surface area contributed by atoms with Crippen molar-refractivity contribution in [3.63, 3.8) is 0 Å². The van der Waals surface area contributed by atoms with Crippen molar-refractivity contribution in [2.75, 3.05) is 0 Å². The summed E-state index contributed by atoms with van der Waals surface area (Å²) in [7, 11) is 0. The molecule has 2 aromatic rings. The van der Waals surface area contributed by atoms with Gasteiger partial charge in [0.05, 0.1) is 10.0 Å². The van der Waals surface area contributed by atoms with Crippen LogP contribution in [-0.4, -0.2) is 0 Å². The Morgan fingerprint density at radius 3 is 2.11 bits per heavy atom. The summed E-state index contributed by atoms with van der Waals surface area (Å²) < 4.78 is 25.0. The zero-order valence-corrected chi connectivity index (χ0v) is 12.5. The first-order chi connectivity index (χ1) is 8.93. The topological polar surface area (TPSA) is 0 Å². The van der Waals surface area contributed by atoms with Crippen LogP contribution < -0.4 is 0 Å². The molecule has 0 unspecified atom stereocenters. The van der Waals surface area contributed by atoms with Crippen molar-refractivity contribution in [2.24, 2.45) is 0 Å². The van der Waals surface area contributed by atoms with Crippen LogP contribution in [0, 0.1) is 11.6 Å². The quantitative estimate of drug-likeness (QED) is 0.630. The Balaban J connectivity index is 0.000000191. The normalized spacial score (nSPS) is 9.79. The van der Waals surface area contributed by atoms with Gasteiger partial charge in [-0.1, -0.05) is 36.2 Å². The van der Waals surface area contributed by atoms with Crippen LogP contribution >= 0.6 is 35.8 Å². The summed E-state index contributed by atoms with van der Waals surface area (Å²) in [6.45, 7) is 1.97. The van der Waals surface area contributed by atoms with Crippen LogP contribution in [0.2, 0.25) is 10.0 Å². The first-order valence-electron chi connectivity index (χ1n) is 5.52. The lowest BCUT2D eigenvalue weighted by atomic mass is 10.2. The van der Waals surface area contributed by atoms with E-state index < -0.39 is 5.82 Å². The summed E-state index contributed by atoms with van der Waals surface area (Å²) in [5.41, 5.74) is 0.974. The molecule has 0 N–H and O–H groups in total. The van der Waals surface area contributed by atoms with Gasteiger partial charge in [-0.3, -0.25) is 0 Å². The second kappa shape index (κ2) is 7.73. The SMILES string of the molecule is CCc1ccc(Cl)c(F)c1.Fc1ccc(S)cc1Cl. The Hall–Kier alpha value is -0.770. The van der Waals surface area contributed by atoms with E-state index in [1.165, 1.54) is 18.2 Å². The van der Waals surface area contributed by atoms with Gasteiger partial charge in [0.15, 0.2) is 0 Å². The molecule has 0 spiro atoms. The first-order valence-corrected chi connectivity index (χ1v) is 6.72. The number of thiol groups is 1. The molecule has 5 heteroatoms. The van der Waals surface area contributed by atoms with Crippen molar-refractivity contribution in [2.45, 2.75) is 18.2 Å². The Bertz CT molecular complexity index is 559. The molecule has 2 rings (SSSR count). The fourth-order valence-corrected chi connectivity index (χ4v) is 1.82. The molecule has 2 aromatic carbocycles. The lowest BCUT2D eigenvalue weighted by Crippen LogP contribution is -1.82. The standard InChI is InChI=1S/C8H8ClF.C6H4ClFS/c1-2-6-3-4-7(9)8(10)5-6;7-5-3-4(9)1-2-6(5)8/h3-5H,2H2,1H3;1-3,9H. The van der Waals surface area contributed by atoms with Gasteiger partial charge in [0.25, 0.3) is 0 Å². The molecule has 0 nitrogen and oxygen atoms in total. The highest BCUT2D eigenvalue weighted by Crippen LogP contribution is 2.17. The molecule has 0 fully saturated rings. The van der Waals surface area contributed by atoms with E-state index in [0.717, 1.165) is 12.0 Å². The molecule has 0 radical (unpaired) electrons. The third kappa shape index (κ3) is 5.39. The third-order valence-electron chi connectivity index (χ3n) is 2.30. The minimum atomic E-state index is -0.408. The van der Waals surface area contributed by atoms with Crippen LogP contribution in [0.25, 0.3) is 0 Å². The summed E-state index contributed by atoms with van der Waals surface area (Å²) in [6, 6.07) is 9.15. The first kappa shape index (κ1) is 16.3. The predicted octanol–water partition coefficient (Wildman–Crippen LogP) is 5.81. The fraction of sp³-hybridized carbons (Fsp3) is 0.143. The van der Waals surface area contributed by atoms with Crippen molar-refractivity contribution >= 4 is 35.8 Å². The minimum absolute atomic E-state index is 0.113. The van der Waals surface area contributed by atoms with E-state index in [1.54, 1.807) is 12.1 Å². The molecule has 0 aromatic heterocycles. The van der Waals surface area contributed by atoms with Gasteiger partial charge in [0.2, 0.25) is 0 Å². The molecular weight excluding hydrogens is 309 g/mol. The number of hydrogen-bond acceptors (Lipinski definition) is 1. The van der Waals surface area contributed by atoms with E-state index >= 15 is 0 Å². The predicted molar refractivity (Wildman–Crippen MR) is 79.5 cm³/mol. The van der Waals surface area contributed by atoms with Gasteiger partial charge in [-0.15, -0.1) is 12.6 Å². The molecule has 0 amide bonds. The van der Waals surface area contributed by atoms with Gasteiger partial charge in [-0.05, 0) is 42.3 Å². The van der Waals surface area contributed by atoms with E-state index in [4.69, 9.17) is 23.2 Å². The van der Waals surface area contributed by atoms with Gasteiger partial charge >= 0.3 is 0 Å². The molecule has 102 valence electrons. The molecule has 19 heavy (non-hydrogen) atoms. The highest BCUT2D eigenvalue weighted by atomic mass is 35.5. The van der Waals surface area contributed by atoms with Crippen LogP contribution in [0.5, 0.6) is 0 Å². The summed E-state index contributed by atoms with van der Waals surface area (Å²) >= 11 is 14.8. The molecule has 0 aliphatic carbocycles. The zero-order valence-electron chi connectivity index (χ0n) is 10.1. The number of aryl methyl sites for hydroxylation is 1. The number of benzene rings is 2. The molecule has 0 saturated carbocycles. The van der Waals surface area contributed by atoms with Gasteiger partial charge in [0, 0.05) is 4.90 Å². The number of halogens is 4. The summed E-state index contributed by atoms with van der Waals surface area (Å²) in [4.78, 5) is 0.668. The largest absolute Gasteiger partial charge is 0.205 e. The maximum Gasteiger partial charge on any atom is 0.142 e. The summed E-state index contributed by atoms with van der Waals surface area (Å²) in [6.07, 6.45) is 0.841. The molecule has 0 heterocycles. The smallest absolute Gasteiger partial charge is 0.142 e. The zero-order chi connectivity index (χ0) is 14.4. The van der Waals surface area contributed by atoms with Crippen LogP contribution in [-0.2, 0) is 6.42 Å². The average Bonchev–Trinajstić information content (AvgIpc) is 2.38. The van der Waals surface area contributed by atoms with Crippen LogP contribution in [0.1, 0.15) is 12.5 Å². The summed E-state index contributed by atoms with van der Waals surface area (Å²) in [5.74, 6) is -0.740. The lowest BCUT2D eigenvalue weighted by molar-refractivity contribution is 0.626. The minimum Gasteiger partial charge on any atom is -0.205 e. The number of rotatable bonds is 1. The Morgan fingerprint density at radius 2 is 1.63 bits per heavy atom. The Kier molecular flexibility index (Phi) is 6.63. The molecule has 0 aliphatic heterocycles. The van der Waals surface area contributed by atoms with E-state index in [9.17, 15) is 8.78 Å². The second-order valence-electron chi connectivity index (χ2n) is 3.70. The lowest BCUT2D eigenvalue weighted by Gasteiger charge is -1.96. The molecule has 0 aliphatic rings. The van der Waals surface area contributed by atoms with Crippen molar-refractivity contribution in [1.29, 1.82) is 0 Å². The maximum atomic E-state index is 12.6. The van der Waals surface area contributed by atoms with Crippen molar-refractivity contribution < 1.29 is 8.78 Å². The van der Waals surface area contributed by atoms with Gasteiger partial charge in [-0.2, -0.15) is 0 Å². The van der Waals surface area contributed by atoms with Crippen LogP contribution in [0.4, 0.5) is 8.78 Å². The third-order valence-corrected chi connectivity index (χ3v) is 3.17. The fourth-order valence-electron chi connectivity index (χ4n) is 1.24. The van der Waals surface area contributed by atoms with E-state index in [-0.39, 0.29) is 15.9 Å². The van der Waals surface area contributed by atoms with Crippen LogP contribution in [0.3, 0.4) is 0 Å². The van der Waals surface area contributed by atoms with Crippen molar-refractivity contribution in [3.05, 3.63) is 63.6 Å². The van der Waals surface area contributed by atoms with E-state index in [2.05, 4.69) is 12.6 Å². The van der Waals surface area contributed by atoms with Gasteiger partial charge in [-0.25, -0.2) is 8.78 Å². The number of hydrogen-bond donors (Lipinski definition) is 1. The van der Waals surface area contributed by atoms with E-state index in [0.29, 0.717) is 4.90 Å².